The average molecular weight is 680 g/mol. The van der Waals surface area contributed by atoms with Crippen LogP contribution in [0.25, 0.3) is 86.2 Å². The van der Waals surface area contributed by atoms with E-state index in [9.17, 15) is 0 Å². The van der Waals surface area contributed by atoms with E-state index in [0.717, 1.165) is 11.4 Å². The van der Waals surface area contributed by atoms with Gasteiger partial charge in [-0.2, -0.15) is 0 Å². The molecule has 2 heteroatoms. The molecular weight excluding hydrogens is 647 g/mol. The van der Waals surface area contributed by atoms with E-state index in [1.54, 1.807) is 0 Å². The van der Waals surface area contributed by atoms with Crippen LogP contribution in [-0.2, 0) is 0 Å². The summed E-state index contributed by atoms with van der Waals surface area (Å²) in [5.41, 5.74) is 11.9. The van der Waals surface area contributed by atoms with E-state index >= 15 is 0 Å². The first-order valence-corrected chi connectivity index (χ1v) is 18.6. The Morgan fingerprint density at radius 2 is 0.827 bits per heavy atom. The Morgan fingerprint density at radius 3 is 1.46 bits per heavy atom. The number of nitrogens with one attached hydrogen (secondary N) is 1. The maximum absolute atomic E-state index is 3.87. The standard InChI is InChI=1S/C50H33NS/c1-3-14-33(15-4-1)36-28-31-38(44-23-13-24-45-39-18-11-12-25-47(39)52-50(44)45)46(32-36)51-37-29-26-35(27-30-37)49-42-21-9-7-19-40(42)48(34-16-5-2-6-17-34)41-20-8-10-22-43(41)49/h1-32,51H. The number of hydrogen-bond donors (Lipinski definition) is 1. The van der Waals surface area contributed by atoms with Crippen LogP contribution in [0.15, 0.2) is 194 Å². The zero-order valence-corrected chi connectivity index (χ0v) is 29.2. The van der Waals surface area contributed by atoms with E-state index in [0.29, 0.717) is 0 Å². The average Bonchev–Trinajstić information content (AvgIpc) is 3.60. The van der Waals surface area contributed by atoms with Gasteiger partial charge in [-0.3, -0.25) is 0 Å². The van der Waals surface area contributed by atoms with Crippen molar-refractivity contribution in [2.24, 2.45) is 0 Å². The molecule has 1 nitrogen and oxygen atoms in total. The lowest BCUT2D eigenvalue weighted by molar-refractivity contribution is 1.53. The Balaban J connectivity index is 1.10. The third-order valence-corrected chi connectivity index (χ3v) is 11.5. The summed E-state index contributed by atoms with van der Waals surface area (Å²) in [5, 5.41) is 11.5. The minimum Gasteiger partial charge on any atom is -0.355 e. The highest BCUT2D eigenvalue weighted by molar-refractivity contribution is 7.26. The lowest BCUT2D eigenvalue weighted by atomic mass is 9.86. The Bertz CT molecular complexity index is 2850. The molecule has 0 aliphatic carbocycles. The SMILES string of the molecule is c1ccc(-c2ccc(-c3cccc4c3sc3ccccc34)c(Nc3ccc(-c4c5ccccc5c(-c5ccccc5)c5ccccc45)cc3)c2)cc1. The molecule has 0 atom stereocenters. The second-order valence-corrected chi connectivity index (χ2v) is 14.4. The summed E-state index contributed by atoms with van der Waals surface area (Å²) in [6.07, 6.45) is 0. The number of thiophene rings is 1. The molecule has 0 saturated heterocycles. The van der Waals surface area contributed by atoms with E-state index < -0.39 is 0 Å². The largest absolute Gasteiger partial charge is 0.355 e. The molecule has 10 rings (SSSR count). The molecule has 0 saturated carbocycles. The van der Waals surface area contributed by atoms with Crippen molar-refractivity contribution in [2.45, 2.75) is 0 Å². The summed E-state index contributed by atoms with van der Waals surface area (Å²) in [6.45, 7) is 0. The van der Waals surface area contributed by atoms with E-state index in [4.69, 9.17) is 0 Å². The van der Waals surface area contributed by atoms with Crippen LogP contribution in [0, 0.1) is 0 Å². The molecule has 0 radical (unpaired) electrons. The first-order valence-electron chi connectivity index (χ1n) is 17.8. The molecule has 52 heavy (non-hydrogen) atoms. The second kappa shape index (κ2) is 12.7. The van der Waals surface area contributed by atoms with E-state index in [-0.39, 0.29) is 0 Å². The molecule has 9 aromatic carbocycles. The zero-order valence-electron chi connectivity index (χ0n) is 28.4. The summed E-state index contributed by atoms with van der Waals surface area (Å²) in [6, 6.07) is 70.4. The van der Waals surface area contributed by atoms with Crippen LogP contribution in [0.5, 0.6) is 0 Å². The van der Waals surface area contributed by atoms with E-state index in [2.05, 4.69) is 199 Å². The topological polar surface area (TPSA) is 12.0 Å². The van der Waals surface area contributed by atoms with E-state index in [1.807, 2.05) is 11.3 Å². The van der Waals surface area contributed by atoms with Crippen LogP contribution >= 0.6 is 11.3 Å². The van der Waals surface area contributed by atoms with Gasteiger partial charge in [0.1, 0.15) is 0 Å². The molecule has 1 heterocycles. The summed E-state index contributed by atoms with van der Waals surface area (Å²) in [7, 11) is 0. The fourth-order valence-electron chi connectivity index (χ4n) is 7.88. The molecule has 0 amide bonds. The molecule has 10 aromatic rings. The normalized spacial score (nSPS) is 11.5. The Labute approximate surface area is 307 Å². The van der Waals surface area contributed by atoms with Crippen molar-refractivity contribution in [3.8, 4) is 44.5 Å². The van der Waals surface area contributed by atoms with E-state index in [1.165, 1.54) is 86.2 Å². The predicted molar refractivity (Wildman–Crippen MR) is 226 cm³/mol. The van der Waals surface area contributed by atoms with Gasteiger partial charge in [-0.15, -0.1) is 11.3 Å². The minimum absolute atomic E-state index is 1.05. The van der Waals surface area contributed by atoms with Crippen molar-refractivity contribution in [3.05, 3.63) is 194 Å². The van der Waals surface area contributed by atoms with Gasteiger partial charge in [0.2, 0.25) is 0 Å². The van der Waals surface area contributed by atoms with Gasteiger partial charge in [0.15, 0.2) is 0 Å². The van der Waals surface area contributed by atoms with Crippen molar-refractivity contribution >= 4 is 64.4 Å². The first-order chi connectivity index (χ1) is 25.8. The molecule has 0 aliphatic rings. The highest BCUT2D eigenvalue weighted by Gasteiger charge is 2.17. The van der Waals surface area contributed by atoms with Crippen molar-refractivity contribution in [3.63, 3.8) is 0 Å². The summed E-state index contributed by atoms with van der Waals surface area (Å²) < 4.78 is 2.63. The van der Waals surface area contributed by atoms with Gasteiger partial charge < -0.3 is 5.32 Å². The highest BCUT2D eigenvalue weighted by Crippen LogP contribution is 2.45. The van der Waals surface area contributed by atoms with Crippen LogP contribution in [0.2, 0.25) is 0 Å². The summed E-state index contributed by atoms with van der Waals surface area (Å²) >= 11 is 1.87. The van der Waals surface area contributed by atoms with Gasteiger partial charge in [0.25, 0.3) is 0 Å². The Morgan fingerprint density at radius 1 is 0.327 bits per heavy atom. The molecule has 0 spiro atoms. The monoisotopic (exact) mass is 679 g/mol. The fourth-order valence-corrected chi connectivity index (χ4v) is 9.11. The Hall–Kier alpha value is -6.48. The predicted octanol–water partition coefficient (Wildman–Crippen LogP) is 14.8. The summed E-state index contributed by atoms with van der Waals surface area (Å²) in [4.78, 5) is 0. The van der Waals surface area contributed by atoms with Gasteiger partial charge in [-0.1, -0.05) is 170 Å². The van der Waals surface area contributed by atoms with Crippen LogP contribution in [0.3, 0.4) is 0 Å². The molecule has 0 bridgehead atoms. The third-order valence-electron chi connectivity index (χ3n) is 10.3. The molecular formula is C50H33NS. The third kappa shape index (κ3) is 5.16. The number of benzene rings is 9. The highest BCUT2D eigenvalue weighted by atomic mass is 32.1. The Kier molecular flexibility index (Phi) is 7.41. The molecule has 0 fully saturated rings. The number of anilines is 2. The minimum atomic E-state index is 1.05. The molecule has 244 valence electrons. The van der Waals surface area contributed by atoms with Crippen molar-refractivity contribution in [1.82, 2.24) is 0 Å². The quantitative estimate of drug-likeness (QED) is 0.173. The van der Waals surface area contributed by atoms with Crippen LogP contribution in [-0.4, -0.2) is 0 Å². The van der Waals surface area contributed by atoms with Crippen molar-refractivity contribution in [1.29, 1.82) is 0 Å². The van der Waals surface area contributed by atoms with Crippen LogP contribution < -0.4 is 5.32 Å². The number of hydrogen-bond acceptors (Lipinski definition) is 2. The first kappa shape index (κ1) is 30.4. The molecule has 0 unspecified atom stereocenters. The van der Waals surface area contributed by atoms with Gasteiger partial charge in [0.05, 0.1) is 0 Å². The maximum atomic E-state index is 3.87. The second-order valence-electron chi connectivity index (χ2n) is 13.3. The zero-order chi connectivity index (χ0) is 34.4. The van der Waals surface area contributed by atoms with Crippen LogP contribution in [0.4, 0.5) is 11.4 Å². The number of fused-ring (bicyclic) bond motifs is 5. The smallest absolute Gasteiger partial charge is 0.0470 e. The number of rotatable bonds is 6. The lowest BCUT2D eigenvalue weighted by Gasteiger charge is -2.18. The van der Waals surface area contributed by atoms with Crippen LogP contribution in [0.1, 0.15) is 0 Å². The molecule has 1 aromatic heterocycles. The molecule has 0 aliphatic heterocycles. The molecule has 1 N–H and O–H groups in total. The summed E-state index contributed by atoms with van der Waals surface area (Å²) in [5.74, 6) is 0. The van der Waals surface area contributed by atoms with Crippen molar-refractivity contribution < 1.29 is 0 Å². The van der Waals surface area contributed by atoms with Gasteiger partial charge in [-0.25, -0.2) is 0 Å². The van der Waals surface area contributed by atoms with Gasteiger partial charge >= 0.3 is 0 Å². The van der Waals surface area contributed by atoms with Gasteiger partial charge in [-0.05, 0) is 79.2 Å². The van der Waals surface area contributed by atoms with Gasteiger partial charge in [0, 0.05) is 42.7 Å². The maximum Gasteiger partial charge on any atom is 0.0470 e. The lowest BCUT2D eigenvalue weighted by Crippen LogP contribution is -1.95. The fraction of sp³-hybridized carbons (Fsp3) is 0. The van der Waals surface area contributed by atoms with Crippen molar-refractivity contribution in [2.75, 3.05) is 5.32 Å².